The van der Waals surface area contributed by atoms with Crippen LogP contribution in [0.1, 0.15) is 25.0 Å². The molecule has 110 valence electrons. The van der Waals surface area contributed by atoms with Crippen LogP contribution >= 0.6 is 0 Å². The molecule has 1 rings (SSSR count). The van der Waals surface area contributed by atoms with Crippen molar-refractivity contribution in [1.82, 2.24) is 5.32 Å². The molecule has 1 N–H and O–H groups in total. The Bertz CT molecular complexity index is 459. The van der Waals surface area contributed by atoms with Crippen molar-refractivity contribution in [1.29, 1.82) is 0 Å². The summed E-state index contributed by atoms with van der Waals surface area (Å²) < 4.78 is 9.60. The van der Waals surface area contributed by atoms with Crippen molar-refractivity contribution >= 4 is 11.9 Å². The second-order valence-corrected chi connectivity index (χ2v) is 4.38. The molecule has 5 heteroatoms. The van der Waals surface area contributed by atoms with E-state index >= 15 is 0 Å². The number of hydrogen-bond donors (Lipinski definition) is 1. The summed E-state index contributed by atoms with van der Waals surface area (Å²) in [4.78, 5) is 22.9. The van der Waals surface area contributed by atoms with Gasteiger partial charge >= 0.3 is 11.9 Å². The maximum absolute atomic E-state index is 11.5. The lowest BCUT2D eigenvalue weighted by atomic mass is 10.0. The number of carbonyl (C=O) groups excluding carboxylic acids is 2. The molecular formula is C15H21NO4. The molecule has 0 bridgehead atoms. The quantitative estimate of drug-likeness (QED) is 0.765. The van der Waals surface area contributed by atoms with Crippen molar-refractivity contribution in [2.24, 2.45) is 0 Å². The van der Waals surface area contributed by atoms with Crippen molar-refractivity contribution in [2.45, 2.75) is 32.9 Å². The van der Waals surface area contributed by atoms with E-state index in [4.69, 9.17) is 4.74 Å². The van der Waals surface area contributed by atoms with E-state index in [1.165, 1.54) is 7.11 Å². The second-order valence-electron chi connectivity index (χ2n) is 4.38. The van der Waals surface area contributed by atoms with Gasteiger partial charge in [0.2, 0.25) is 0 Å². The molecule has 1 atom stereocenters. The molecule has 0 aromatic heterocycles. The molecule has 1 unspecified atom stereocenters. The van der Waals surface area contributed by atoms with E-state index in [2.05, 4.69) is 10.1 Å². The SMILES string of the molecule is CCOC(=O)C(C)NCc1ccccc1CC(=O)OC. The molecule has 0 aliphatic rings. The average Bonchev–Trinajstić information content (AvgIpc) is 2.46. The van der Waals surface area contributed by atoms with Gasteiger partial charge in [-0.1, -0.05) is 24.3 Å². The summed E-state index contributed by atoms with van der Waals surface area (Å²) in [6.07, 6.45) is 0.224. The molecule has 0 saturated carbocycles. The van der Waals surface area contributed by atoms with Gasteiger partial charge in [-0.2, -0.15) is 0 Å². The van der Waals surface area contributed by atoms with Gasteiger partial charge in [0.15, 0.2) is 0 Å². The Kier molecular flexibility index (Phi) is 6.73. The van der Waals surface area contributed by atoms with E-state index in [1.54, 1.807) is 13.8 Å². The lowest BCUT2D eigenvalue weighted by Crippen LogP contribution is -2.35. The molecule has 0 saturated heterocycles. The fourth-order valence-electron chi connectivity index (χ4n) is 1.74. The topological polar surface area (TPSA) is 64.6 Å². The molecule has 20 heavy (non-hydrogen) atoms. The Labute approximate surface area is 119 Å². The number of benzene rings is 1. The summed E-state index contributed by atoms with van der Waals surface area (Å²) in [5.74, 6) is -0.561. The zero-order chi connectivity index (χ0) is 15.0. The van der Waals surface area contributed by atoms with Crippen LogP contribution in [0.25, 0.3) is 0 Å². The summed E-state index contributed by atoms with van der Waals surface area (Å²) >= 11 is 0. The van der Waals surface area contributed by atoms with Crippen LogP contribution in [-0.4, -0.2) is 31.7 Å². The summed E-state index contributed by atoms with van der Waals surface area (Å²) in [6.45, 7) is 4.38. The van der Waals surface area contributed by atoms with Gasteiger partial charge in [-0.05, 0) is 25.0 Å². The fourth-order valence-corrected chi connectivity index (χ4v) is 1.74. The molecule has 1 aromatic carbocycles. The first-order valence-electron chi connectivity index (χ1n) is 6.62. The van der Waals surface area contributed by atoms with Gasteiger partial charge in [-0.15, -0.1) is 0 Å². The van der Waals surface area contributed by atoms with Crippen LogP contribution in [-0.2, 0) is 32.0 Å². The number of ether oxygens (including phenoxy) is 2. The number of carbonyl (C=O) groups is 2. The standard InChI is InChI=1S/C15H21NO4/c1-4-20-15(18)11(2)16-10-13-8-6-5-7-12(13)9-14(17)19-3/h5-8,11,16H,4,9-10H2,1-3H3. The minimum Gasteiger partial charge on any atom is -0.469 e. The van der Waals surface area contributed by atoms with Crippen LogP contribution in [0.2, 0.25) is 0 Å². The molecule has 0 aliphatic carbocycles. The normalized spacial score (nSPS) is 11.8. The predicted molar refractivity (Wildman–Crippen MR) is 75.1 cm³/mol. The Hall–Kier alpha value is -1.88. The highest BCUT2D eigenvalue weighted by molar-refractivity contribution is 5.75. The number of hydrogen-bond acceptors (Lipinski definition) is 5. The van der Waals surface area contributed by atoms with E-state index in [0.29, 0.717) is 13.2 Å². The Balaban J connectivity index is 2.63. The van der Waals surface area contributed by atoms with Crippen LogP contribution in [0.3, 0.4) is 0 Å². The Morgan fingerprint density at radius 2 is 1.90 bits per heavy atom. The monoisotopic (exact) mass is 279 g/mol. The minimum atomic E-state index is -0.388. The van der Waals surface area contributed by atoms with Gasteiger partial charge in [-0.3, -0.25) is 9.59 Å². The van der Waals surface area contributed by atoms with Crippen LogP contribution in [0.5, 0.6) is 0 Å². The van der Waals surface area contributed by atoms with Crippen molar-refractivity contribution < 1.29 is 19.1 Å². The predicted octanol–water partition coefficient (Wildman–Crippen LogP) is 1.44. The second kappa shape index (κ2) is 8.32. The van der Waals surface area contributed by atoms with Crippen LogP contribution < -0.4 is 5.32 Å². The van der Waals surface area contributed by atoms with Crippen LogP contribution in [0.4, 0.5) is 0 Å². The smallest absolute Gasteiger partial charge is 0.322 e. The molecule has 1 aromatic rings. The van der Waals surface area contributed by atoms with E-state index in [-0.39, 0.29) is 24.4 Å². The Morgan fingerprint density at radius 3 is 2.50 bits per heavy atom. The molecule has 0 heterocycles. The Morgan fingerprint density at radius 1 is 1.25 bits per heavy atom. The van der Waals surface area contributed by atoms with Gasteiger partial charge in [0.1, 0.15) is 6.04 Å². The minimum absolute atomic E-state index is 0.224. The largest absolute Gasteiger partial charge is 0.469 e. The molecule has 0 amide bonds. The van der Waals surface area contributed by atoms with E-state index in [9.17, 15) is 9.59 Å². The lowest BCUT2D eigenvalue weighted by Gasteiger charge is -2.14. The first kappa shape index (κ1) is 16.2. The van der Waals surface area contributed by atoms with Crippen LogP contribution in [0.15, 0.2) is 24.3 Å². The summed E-state index contributed by atoms with van der Waals surface area (Å²) in [5, 5.41) is 3.09. The average molecular weight is 279 g/mol. The van der Waals surface area contributed by atoms with Gasteiger partial charge in [0, 0.05) is 6.54 Å². The first-order chi connectivity index (χ1) is 9.58. The number of rotatable bonds is 7. The van der Waals surface area contributed by atoms with Gasteiger partial charge in [-0.25, -0.2) is 0 Å². The highest BCUT2D eigenvalue weighted by atomic mass is 16.5. The van der Waals surface area contributed by atoms with Crippen molar-refractivity contribution in [3.05, 3.63) is 35.4 Å². The van der Waals surface area contributed by atoms with Crippen molar-refractivity contribution in [2.75, 3.05) is 13.7 Å². The van der Waals surface area contributed by atoms with Gasteiger partial charge in [0.05, 0.1) is 20.1 Å². The highest BCUT2D eigenvalue weighted by Crippen LogP contribution is 2.10. The van der Waals surface area contributed by atoms with E-state index in [0.717, 1.165) is 11.1 Å². The van der Waals surface area contributed by atoms with Gasteiger partial charge in [0.25, 0.3) is 0 Å². The van der Waals surface area contributed by atoms with E-state index in [1.807, 2.05) is 24.3 Å². The number of esters is 2. The zero-order valence-corrected chi connectivity index (χ0v) is 12.1. The molecule has 5 nitrogen and oxygen atoms in total. The molecule has 0 radical (unpaired) electrons. The highest BCUT2D eigenvalue weighted by Gasteiger charge is 2.14. The summed E-state index contributed by atoms with van der Waals surface area (Å²) in [5.41, 5.74) is 1.86. The van der Waals surface area contributed by atoms with Crippen molar-refractivity contribution in [3.63, 3.8) is 0 Å². The summed E-state index contributed by atoms with van der Waals surface area (Å²) in [7, 11) is 1.37. The first-order valence-corrected chi connectivity index (χ1v) is 6.62. The molecular weight excluding hydrogens is 258 g/mol. The third kappa shape index (κ3) is 5.01. The fraction of sp³-hybridized carbons (Fsp3) is 0.467. The van der Waals surface area contributed by atoms with Crippen LogP contribution in [0, 0.1) is 0 Å². The third-order valence-corrected chi connectivity index (χ3v) is 2.92. The maximum atomic E-state index is 11.5. The zero-order valence-electron chi connectivity index (χ0n) is 12.1. The lowest BCUT2D eigenvalue weighted by molar-refractivity contribution is -0.145. The molecule has 0 spiro atoms. The van der Waals surface area contributed by atoms with Gasteiger partial charge < -0.3 is 14.8 Å². The molecule has 0 fully saturated rings. The molecule has 0 aliphatic heterocycles. The van der Waals surface area contributed by atoms with Crippen molar-refractivity contribution in [3.8, 4) is 0 Å². The third-order valence-electron chi connectivity index (χ3n) is 2.92. The summed E-state index contributed by atoms with van der Waals surface area (Å²) in [6, 6.07) is 7.18. The van der Waals surface area contributed by atoms with E-state index < -0.39 is 0 Å². The number of methoxy groups -OCH3 is 1. The number of nitrogens with one attached hydrogen (secondary N) is 1. The maximum Gasteiger partial charge on any atom is 0.322 e.